The molecule has 1 heterocycles. The summed E-state index contributed by atoms with van der Waals surface area (Å²) in [6.45, 7) is 5.49. The molecule has 1 unspecified atom stereocenters. The average Bonchev–Trinajstić information content (AvgIpc) is 2.36. The molecule has 1 saturated heterocycles. The van der Waals surface area contributed by atoms with E-state index in [9.17, 15) is 9.59 Å². The van der Waals surface area contributed by atoms with E-state index in [0.717, 1.165) is 13.0 Å². The number of amides is 2. The van der Waals surface area contributed by atoms with E-state index >= 15 is 0 Å². The molecular formula is C14H27N3O3. The summed E-state index contributed by atoms with van der Waals surface area (Å²) in [7, 11) is 2.06. The van der Waals surface area contributed by atoms with Crippen LogP contribution in [-0.2, 0) is 4.79 Å². The zero-order valence-electron chi connectivity index (χ0n) is 12.7. The number of aliphatic carboxylic acids is 1. The van der Waals surface area contributed by atoms with Crippen LogP contribution < -0.4 is 10.6 Å². The SMILES string of the molecule is CC(C)C[C@H](NC(=O)NCC1CCCCN1C)C(=O)O. The molecule has 0 aromatic carbocycles. The van der Waals surface area contributed by atoms with Crippen molar-refractivity contribution < 1.29 is 14.7 Å². The van der Waals surface area contributed by atoms with Crippen LogP contribution in [0.25, 0.3) is 0 Å². The van der Waals surface area contributed by atoms with Crippen LogP contribution in [0.5, 0.6) is 0 Å². The van der Waals surface area contributed by atoms with Gasteiger partial charge in [-0.1, -0.05) is 20.3 Å². The fourth-order valence-corrected chi connectivity index (χ4v) is 2.51. The minimum absolute atomic E-state index is 0.223. The zero-order valence-corrected chi connectivity index (χ0v) is 12.7. The summed E-state index contributed by atoms with van der Waals surface area (Å²) in [5, 5.41) is 14.4. The highest BCUT2D eigenvalue weighted by Crippen LogP contribution is 2.13. The van der Waals surface area contributed by atoms with Gasteiger partial charge in [0.25, 0.3) is 0 Å². The summed E-state index contributed by atoms with van der Waals surface area (Å²) < 4.78 is 0. The van der Waals surface area contributed by atoms with Gasteiger partial charge in [0, 0.05) is 12.6 Å². The number of carbonyl (C=O) groups is 2. The number of likely N-dealkylation sites (tertiary alicyclic amines) is 1. The Balaban J connectivity index is 2.35. The molecule has 0 aromatic heterocycles. The first-order valence-corrected chi connectivity index (χ1v) is 7.37. The fraction of sp³-hybridized carbons (Fsp3) is 0.857. The van der Waals surface area contributed by atoms with Crippen molar-refractivity contribution in [3.63, 3.8) is 0 Å². The second-order valence-electron chi connectivity index (χ2n) is 6.00. The van der Waals surface area contributed by atoms with E-state index in [2.05, 4.69) is 22.6 Å². The van der Waals surface area contributed by atoms with E-state index in [-0.39, 0.29) is 5.92 Å². The van der Waals surface area contributed by atoms with Crippen LogP contribution >= 0.6 is 0 Å². The number of hydrogen-bond donors (Lipinski definition) is 3. The Morgan fingerprint density at radius 3 is 2.60 bits per heavy atom. The molecular weight excluding hydrogens is 258 g/mol. The number of likely N-dealkylation sites (N-methyl/N-ethyl adjacent to an activating group) is 1. The van der Waals surface area contributed by atoms with Crippen molar-refractivity contribution in [2.24, 2.45) is 5.92 Å². The van der Waals surface area contributed by atoms with Crippen LogP contribution in [0.3, 0.4) is 0 Å². The molecule has 20 heavy (non-hydrogen) atoms. The standard InChI is InChI=1S/C14H27N3O3/c1-10(2)8-12(13(18)19)16-14(20)15-9-11-6-4-5-7-17(11)3/h10-12H,4-9H2,1-3H3,(H,18,19)(H2,15,16,20)/t11?,12-/m0/s1. The number of piperidine rings is 1. The van der Waals surface area contributed by atoms with Gasteiger partial charge >= 0.3 is 12.0 Å². The molecule has 1 fully saturated rings. The first kappa shape index (κ1) is 16.8. The third-order valence-electron chi connectivity index (χ3n) is 3.73. The zero-order chi connectivity index (χ0) is 15.1. The summed E-state index contributed by atoms with van der Waals surface area (Å²) in [6, 6.07) is -0.862. The van der Waals surface area contributed by atoms with Crippen molar-refractivity contribution in [2.75, 3.05) is 20.1 Å². The number of carboxylic acid groups (broad SMARTS) is 1. The van der Waals surface area contributed by atoms with Gasteiger partial charge in [-0.3, -0.25) is 0 Å². The van der Waals surface area contributed by atoms with Gasteiger partial charge in [0.1, 0.15) is 6.04 Å². The number of carboxylic acids is 1. The number of urea groups is 1. The third kappa shape index (κ3) is 5.77. The van der Waals surface area contributed by atoms with Crippen LogP contribution in [0.15, 0.2) is 0 Å². The molecule has 1 aliphatic heterocycles. The van der Waals surface area contributed by atoms with Gasteiger partial charge in [-0.25, -0.2) is 9.59 Å². The highest BCUT2D eigenvalue weighted by molar-refractivity contribution is 5.82. The van der Waals surface area contributed by atoms with Crippen LogP contribution in [0.1, 0.15) is 39.5 Å². The summed E-state index contributed by atoms with van der Waals surface area (Å²) >= 11 is 0. The molecule has 0 aromatic rings. The smallest absolute Gasteiger partial charge is 0.326 e. The monoisotopic (exact) mass is 285 g/mol. The van der Waals surface area contributed by atoms with Crippen LogP contribution in [-0.4, -0.2) is 54.2 Å². The van der Waals surface area contributed by atoms with Crippen molar-refractivity contribution >= 4 is 12.0 Å². The molecule has 0 bridgehead atoms. The van der Waals surface area contributed by atoms with Gasteiger partial charge in [0.15, 0.2) is 0 Å². The highest BCUT2D eigenvalue weighted by atomic mass is 16.4. The second kappa shape index (κ2) is 8.09. The van der Waals surface area contributed by atoms with Crippen LogP contribution in [0, 0.1) is 5.92 Å². The predicted octanol–water partition coefficient (Wildman–Crippen LogP) is 1.27. The van der Waals surface area contributed by atoms with E-state index in [0.29, 0.717) is 19.0 Å². The molecule has 0 radical (unpaired) electrons. The van der Waals surface area contributed by atoms with Crippen molar-refractivity contribution in [3.05, 3.63) is 0 Å². The van der Waals surface area contributed by atoms with E-state index in [1.54, 1.807) is 0 Å². The second-order valence-corrected chi connectivity index (χ2v) is 6.00. The maximum absolute atomic E-state index is 11.8. The number of nitrogens with zero attached hydrogens (tertiary/aromatic N) is 1. The molecule has 0 saturated carbocycles. The maximum Gasteiger partial charge on any atom is 0.326 e. The number of carbonyl (C=O) groups excluding carboxylic acids is 1. The molecule has 0 spiro atoms. The molecule has 1 aliphatic rings. The average molecular weight is 285 g/mol. The molecule has 2 amide bonds. The molecule has 1 rings (SSSR count). The third-order valence-corrected chi connectivity index (χ3v) is 3.73. The Kier molecular flexibility index (Phi) is 6.78. The van der Waals surface area contributed by atoms with Gasteiger partial charge in [0.05, 0.1) is 0 Å². The summed E-state index contributed by atoms with van der Waals surface area (Å²) in [6.07, 6.45) is 3.90. The Labute approximate surface area is 120 Å². The number of rotatable bonds is 6. The Hall–Kier alpha value is -1.30. The lowest BCUT2D eigenvalue weighted by Crippen LogP contribution is -2.50. The summed E-state index contributed by atoms with van der Waals surface area (Å²) in [5.41, 5.74) is 0. The van der Waals surface area contributed by atoms with Crippen LogP contribution in [0.4, 0.5) is 4.79 Å². The molecule has 0 aliphatic carbocycles. The molecule has 2 atom stereocenters. The van der Waals surface area contributed by atoms with Crippen molar-refractivity contribution in [2.45, 2.75) is 51.6 Å². The number of nitrogens with one attached hydrogen (secondary N) is 2. The molecule has 6 nitrogen and oxygen atoms in total. The Morgan fingerprint density at radius 1 is 1.35 bits per heavy atom. The van der Waals surface area contributed by atoms with Crippen molar-refractivity contribution in [1.29, 1.82) is 0 Å². The van der Waals surface area contributed by atoms with E-state index in [1.807, 2.05) is 13.8 Å². The summed E-state index contributed by atoms with van der Waals surface area (Å²) in [4.78, 5) is 25.1. The number of hydrogen-bond acceptors (Lipinski definition) is 3. The summed E-state index contributed by atoms with van der Waals surface area (Å²) in [5.74, 6) is -0.760. The van der Waals surface area contributed by atoms with Gasteiger partial charge in [-0.05, 0) is 38.8 Å². The van der Waals surface area contributed by atoms with Gasteiger partial charge in [0.2, 0.25) is 0 Å². The Bertz CT molecular complexity index is 334. The quantitative estimate of drug-likeness (QED) is 0.686. The lowest BCUT2D eigenvalue weighted by atomic mass is 10.0. The van der Waals surface area contributed by atoms with Gasteiger partial charge in [-0.15, -0.1) is 0 Å². The fourth-order valence-electron chi connectivity index (χ4n) is 2.51. The highest BCUT2D eigenvalue weighted by Gasteiger charge is 2.23. The van der Waals surface area contributed by atoms with Crippen molar-refractivity contribution in [3.8, 4) is 0 Å². The first-order chi connectivity index (χ1) is 9.40. The molecule has 3 N–H and O–H groups in total. The Morgan fingerprint density at radius 2 is 2.05 bits per heavy atom. The van der Waals surface area contributed by atoms with E-state index in [1.165, 1.54) is 12.8 Å². The van der Waals surface area contributed by atoms with Gasteiger partial charge < -0.3 is 20.6 Å². The molecule has 116 valence electrons. The normalized spacial score (nSPS) is 21.5. The largest absolute Gasteiger partial charge is 0.480 e. The van der Waals surface area contributed by atoms with Crippen molar-refractivity contribution in [1.82, 2.24) is 15.5 Å². The van der Waals surface area contributed by atoms with E-state index in [4.69, 9.17) is 5.11 Å². The lowest BCUT2D eigenvalue weighted by Gasteiger charge is -2.32. The van der Waals surface area contributed by atoms with Crippen LogP contribution in [0.2, 0.25) is 0 Å². The first-order valence-electron chi connectivity index (χ1n) is 7.37. The maximum atomic E-state index is 11.8. The predicted molar refractivity (Wildman–Crippen MR) is 77.7 cm³/mol. The topological polar surface area (TPSA) is 81.7 Å². The minimum Gasteiger partial charge on any atom is -0.480 e. The van der Waals surface area contributed by atoms with E-state index < -0.39 is 18.0 Å². The minimum atomic E-state index is -0.983. The van der Waals surface area contributed by atoms with Gasteiger partial charge in [-0.2, -0.15) is 0 Å². The lowest BCUT2D eigenvalue weighted by molar-refractivity contribution is -0.139. The molecule has 6 heteroatoms.